The molecule has 0 spiro atoms. The first-order valence-corrected chi connectivity index (χ1v) is 12.9. The molecule has 2 aromatic carbocycles. The van der Waals surface area contributed by atoms with Crippen molar-refractivity contribution >= 4 is 46.3 Å². The van der Waals surface area contributed by atoms with E-state index in [1.165, 1.54) is 11.8 Å². The van der Waals surface area contributed by atoms with Gasteiger partial charge in [0, 0.05) is 30.3 Å². The van der Waals surface area contributed by atoms with Gasteiger partial charge in [-0.1, -0.05) is 48.6 Å². The summed E-state index contributed by atoms with van der Waals surface area (Å²) in [6, 6.07) is 15.7. The van der Waals surface area contributed by atoms with E-state index in [0.29, 0.717) is 28.6 Å². The van der Waals surface area contributed by atoms with Crippen molar-refractivity contribution in [1.82, 2.24) is 14.7 Å². The second-order valence-corrected chi connectivity index (χ2v) is 10.1. The zero-order valence-electron chi connectivity index (χ0n) is 20.1. The fourth-order valence-corrected chi connectivity index (χ4v) is 5.31. The van der Waals surface area contributed by atoms with Crippen molar-refractivity contribution < 1.29 is 19.4 Å². The van der Waals surface area contributed by atoms with E-state index in [2.05, 4.69) is 0 Å². The average Bonchev–Trinajstić information content (AvgIpc) is 3.40. The summed E-state index contributed by atoms with van der Waals surface area (Å²) >= 11 is 6.76. The third kappa shape index (κ3) is 5.85. The number of methoxy groups -OCH3 is 1. The fraction of sp³-hybridized carbons (Fsp3) is 0.259. The van der Waals surface area contributed by atoms with Crippen LogP contribution in [-0.4, -0.2) is 49.6 Å². The number of thiocarbonyl (C=S) groups is 1. The molecule has 1 aliphatic heterocycles. The Balaban J connectivity index is 1.62. The predicted octanol–water partition coefficient (Wildman–Crippen LogP) is 5.70. The minimum atomic E-state index is -0.803. The average molecular weight is 522 g/mol. The smallest absolute Gasteiger partial charge is 0.303 e. The van der Waals surface area contributed by atoms with Crippen LogP contribution in [0.1, 0.15) is 36.8 Å². The molecule has 1 saturated heterocycles. The number of benzene rings is 2. The van der Waals surface area contributed by atoms with Gasteiger partial charge < -0.3 is 9.84 Å². The number of hydrogen-bond donors (Lipinski definition) is 1. The van der Waals surface area contributed by atoms with Crippen LogP contribution >= 0.6 is 24.0 Å². The highest BCUT2D eigenvalue weighted by Crippen LogP contribution is 2.36. The lowest BCUT2D eigenvalue weighted by Crippen LogP contribution is -2.29. The number of aromatic nitrogens is 2. The van der Waals surface area contributed by atoms with E-state index in [-0.39, 0.29) is 12.3 Å². The number of unbranched alkanes of at least 4 members (excludes halogenated alkanes) is 2. The molecule has 1 amide bonds. The monoisotopic (exact) mass is 521 g/mol. The van der Waals surface area contributed by atoms with Crippen LogP contribution in [0.25, 0.3) is 23.0 Å². The second kappa shape index (κ2) is 11.5. The van der Waals surface area contributed by atoms with E-state index in [1.54, 1.807) is 12.0 Å². The van der Waals surface area contributed by atoms with Gasteiger partial charge in [0.1, 0.15) is 15.8 Å². The number of aryl methyl sites for hydroxylation is 1. The third-order valence-corrected chi connectivity index (χ3v) is 7.24. The Bertz CT molecular complexity index is 1320. The van der Waals surface area contributed by atoms with E-state index in [1.807, 2.05) is 72.4 Å². The van der Waals surface area contributed by atoms with Crippen molar-refractivity contribution in [2.75, 3.05) is 13.7 Å². The minimum Gasteiger partial charge on any atom is -0.496 e. The highest BCUT2D eigenvalue weighted by atomic mass is 32.2. The molecule has 0 radical (unpaired) electrons. The number of rotatable bonds is 10. The van der Waals surface area contributed by atoms with E-state index in [9.17, 15) is 9.59 Å². The second-order valence-electron chi connectivity index (χ2n) is 8.44. The Morgan fingerprint density at radius 3 is 2.64 bits per heavy atom. The number of ether oxygens (including phenoxy) is 1. The summed E-state index contributed by atoms with van der Waals surface area (Å²) in [6.45, 7) is 2.47. The fourth-order valence-electron chi connectivity index (χ4n) is 4.01. The number of carboxylic acid groups (broad SMARTS) is 1. The van der Waals surface area contributed by atoms with E-state index in [4.69, 9.17) is 27.2 Å². The van der Waals surface area contributed by atoms with Gasteiger partial charge in [-0.25, -0.2) is 4.68 Å². The molecule has 7 nitrogen and oxygen atoms in total. The van der Waals surface area contributed by atoms with Gasteiger partial charge in [-0.2, -0.15) is 5.10 Å². The Morgan fingerprint density at radius 2 is 1.94 bits per heavy atom. The molecule has 3 aromatic rings. The molecular weight excluding hydrogens is 494 g/mol. The summed E-state index contributed by atoms with van der Waals surface area (Å²) in [5, 5.41) is 13.6. The quantitative estimate of drug-likeness (QED) is 0.208. The molecule has 1 aliphatic rings. The summed E-state index contributed by atoms with van der Waals surface area (Å²) in [5.41, 5.74) is 4.39. The van der Waals surface area contributed by atoms with Crippen LogP contribution in [0.3, 0.4) is 0 Å². The number of carboxylic acids is 1. The Kier molecular flexibility index (Phi) is 8.22. The molecule has 0 unspecified atom stereocenters. The number of carbonyl (C=O) groups is 2. The Hall–Kier alpha value is -3.43. The van der Waals surface area contributed by atoms with Gasteiger partial charge in [-0.3, -0.25) is 14.5 Å². The molecule has 1 fully saturated rings. The molecule has 186 valence electrons. The normalized spacial score (nSPS) is 14.6. The number of amides is 1. The lowest BCUT2D eigenvalue weighted by Gasteiger charge is -2.13. The summed E-state index contributed by atoms with van der Waals surface area (Å²) < 4.78 is 7.74. The molecule has 1 N–H and O–H groups in total. The van der Waals surface area contributed by atoms with Crippen molar-refractivity contribution in [2.24, 2.45) is 0 Å². The summed E-state index contributed by atoms with van der Waals surface area (Å²) in [5.74, 6) is -0.137. The van der Waals surface area contributed by atoms with Crippen molar-refractivity contribution in [3.63, 3.8) is 0 Å². The molecule has 1 aromatic heterocycles. The molecule has 9 heteroatoms. The summed E-state index contributed by atoms with van der Waals surface area (Å²) in [6.07, 6.45) is 5.93. The molecule has 36 heavy (non-hydrogen) atoms. The SMILES string of the molecule is COc1ccc(-c2nn(-c3ccccc3)cc2C=C2SC(=S)N(CCCCCC(=O)O)C2=O)cc1C. The van der Waals surface area contributed by atoms with Gasteiger partial charge in [0.25, 0.3) is 5.91 Å². The van der Waals surface area contributed by atoms with Crippen LogP contribution in [0.15, 0.2) is 59.6 Å². The number of carbonyl (C=O) groups excluding carboxylic acids is 1. The van der Waals surface area contributed by atoms with Crippen LogP contribution in [0.2, 0.25) is 0 Å². The first-order chi connectivity index (χ1) is 17.4. The summed E-state index contributed by atoms with van der Waals surface area (Å²) in [7, 11) is 1.64. The zero-order chi connectivity index (χ0) is 25.7. The highest BCUT2D eigenvalue weighted by molar-refractivity contribution is 8.26. The highest BCUT2D eigenvalue weighted by Gasteiger charge is 2.32. The number of nitrogens with zero attached hydrogens (tertiary/aromatic N) is 3. The lowest BCUT2D eigenvalue weighted by molar-refractivity contribution is -0.137. The number of thioether (sulfide) groups is 1. The van der Waals surface area contributed by atoms with Crippen LogP contribution in [0, 0.1) is 6.92 Å². The van der Waals surface area contributed by atoms with E-state index in [0.717, 1.165) is 40.2 Å². The van der Waals surface area contributed by atoms with Gasteiger partial charge in [-0.15, -0.1) is 0 Å². The van der Waals surface area contributed by atoms with Crippen LogP contribution in [0.5, 0.6) is 5.75 Å². The predicted molar refractivity (Wildman–Crippen MR) is 146 cm³/mol. The first-order valence-electron chi connectivity index (χ1n) is 11.6. The van der Waals surface area contributed by atoms with Crippen LogP contribution < -0.4 is 4.74 Å². The molecule has 0 saturated carbocycles. The van der Waals surface area contributed by atoms with E-state index < -0.39 is 5.97 Å². The maximum Gasteiger partial charge on any atom is 0.303 e. The molecule has 2 heterocycles. The molecule has 0 atom stereocenters. The molecule has 0 aliphatic carbocycles. The number of hydrogen-bond acceptors (Lipinski definition) is 6. The summed E-state index contributed by atoms with van der Waals surface area (Å²) in [4.78, 5) is 26.0. The first kappa shape index (κ1) is 25.7. The van der Waals surface area contributed by atoms with Crippen LogP contribution in [0.4, 0.5) is 0 Å². The van der Waals surface area contributed by atoms with Crippen LogP contribution in [-0.2, 0) is 9.59 Å². The Morgan fingerprint density at radius 1 is 1.17 bits per heavy atom. The maximum atomic E-state index is 13.2. The standard InChI is InChI=1S/C27H27N3O4S2/c1-18-15-19(12-13-22(18)34-2)25-20(17-30(28-25)21-9-5-3-6-10-21)16-23-26(33)29(27(35)36-23)14-8-4-7-11-24(31)32/h3,5-6,9-10,12-13,15-17H,4,7-8,11,14H2,1-2H3,(H,31,32). The van der Waals surface area contributed by atoms with Gasteiger partial charge in [-0.05, 0) is 61.7 Å². The lowest BCUT2D eigenvalue weighted by atomic mass is 10.0. The van der Waals surface area contributed by atoms with Gasteiger partial charge in [0.2, 0.25) is 0 Å². The number of aliphatic carboxylic acids is 1. The Labute approximate surface area is 219 Å². The zero-order valence-corrected chi connectivity index (χ0v) is 21.8. The minimum absolute atomic E-state index is 0.132. The van der Waals surface area contributed by atoms with Crippen molar-refractivity contribution in [3.05, 3.63) is 70.8 Å². The van der Waals surface area contributed by atoms with Gasteiger partial charge in [0.05, 0.1) is 17.7 Å². The molecule has 0 bridgehead atoms. The van der Waals surface area contributed by atoms with Gasteiger partial charge >= 0.3 is 5.97 Å². The topological polar surface area (TPSA) is 84.7 Å². The van der Waals surface area contributed by atoms with Crippen molar-refractivity contribution in [1.29, 1.82) is 0 Å². The van der Waals surface area contributed by atoms with Crippen molar-refractivity contribution in [2.45, 2.75) is 32.6 Å². The largest absolute Gasteiger partial charge is 0.496 e. The van der Waals surface area contributed by atoms with Gasteiger partial charge in [0.15, 0.2) is 0 Å². The van der Waals surface area contributed by atoms with Crippen molar-refractivity contribution in [3.8, 4) is 22.7 Å². The molecular formula is C27H27N3O4S2. The third-order valence-electron chi connectivity index (χ3n) is 5.86. The molecule has 4 rings (SSSR count). The maximum absolute atomic E-state index is 13.2. The number of para-hydroxylation sites is 1. The van der Waals surface area contributed by atoms with E-state index >= 15 is 0 Å².